The summed E-state index contributed by atoms with van der Waals surface area (Å²) in [6.07, 6.45) is 11.2. The lowest BCUT2D eigenvalue weighted by atomic mass is 9.79. The van der Waals surface area contributed by atoms with Crippen LogP contribution in [0, 0.1) is 11.8 Å². The molecule has 7 nitrogen and oxygen atoms in total. The number of likely N-dealkylation sites (tertiary alicyclic amines) is 1. The fraction of sp³-hybridized carbons (Fsp3) is 0.586. The molecule has 1 aromatic carbocycles. The minimum atomic E-state index is -0.165. The highest BCUT2D eigenvalue weighted by atomic mass is 16.5. The summed E-state index contributed by atoms with van der Waals surface area (Å²) < 4.78 is 5.54. The minimum absolute atomic E-state index is 0.0891. The summed E-state index contributed by atoms with van der Waals surface area (Å²) in [4.78, 5) is 31.4. The lowest BCUT2D eigenvalue weighted by molar-refractivity contribution is -0.138. The Bertz CT molecular complexity index is 1030. The first-order valence-corrected chi connectivity index (χ1v) is 13.5. The van der Waals surface area contributed by atoms with E-state index in [2.05, 4.69) is 27.7 Å². The van der Waals surface area contributed by atoms with Crippen molar-refractivity contribution in [3.8, 4) is 0 Å². The third kappa shape index (κ3) is 4.77. The zero-order valence-electron chi connectivity index (χ0n) is 21.8. The molecule has 0 aromatic heterocycles. The topological polar surface area (TPSA) is 73.9 Å². The zero-order chi connectivity index (χ0) is 25.2. The van der Waals surface area contributed by atoms with Crippen molar-refractivity contribution in [1.29, 1.82) is 0 Å². The molecule has 36 heavy (non-hydrogen) atoms. The number of hydrogen-bond donors (Lipinski definition) is 2. The van der Waals surface area contributed by atoms with Gasteiger partial charge in [0.05, 0.1) is 24.6 Å². The number of carbonyl (C=O) groups excluding carboxylic acids is 2. The standard InChI is InChI=1S/C29H40N4O3/c1-32(2)20-14-12-19(13-15-20)28(34)31-25-11-7-5-9-23(25)29(35)33-17-16-22-26(18-36-3)30-24-10-6-4-8-21(24)27(22)33/h6,10,12-15,22-23,25-27,30H,4-5,7-9,11,16-18H2,1-3H3,(H,31,34)/t22-,23+,25-,26+,27+/m1/s1. The van der Waals surface area contributed by atoms with Crippen LogP contribution in [0.4, 0.5) is 5.69 Å². The van der Waals surface area contributed by atoms with Crippen molar-refractivity contribution in [3.05, 3.63) is 53.3 Å². The normalized spacial score (nSPS) is 29.3. The molecule has 1 aromatic rings. The number of rotatable bonds is 6. The summed E-state index contributed by atoms with van der Waals surface area (Å²) in [6.45, 7) is 1.42. The van der Waals surface area contributed by atoms with Crippen LogP contribution in [0.2, 0.25) is 0 Å². The van der Waals surface area contributed by atoms with E-state index >= 15 is 0 Å². The third-order valence-electron chi connectivity index (χ3n) is 8.55. The van der Waals surface area contributed by atoms with Gasteiger partial charge < -0.3 is 25.2 Å². The monoisotopic (exact) mass is 492 g/mol. The van der Waals surface area contributed by atoms with Crippen LogP contribution in [0.3, 0.4) is 0 Å². The number of fused-ring (bicyclic) bond motifs is 2. The Balaban J connectivity index is 1.34. The van der Waals surface area contributed by atoms with Crippen molar-refractivity contribution in [1.82, 2.24) is 15.5 Å². The lowest BCUT2D eigenvalue weighted by Gasteiger charge is -2.43. The van der Waals surface area contributed by atoms with E-state index in [0.717, 1.165) is 57.2 Å². The maximum atomic E-state index is 14.1. The number of methoxy groups -OCH3 is 1. The molecule has 0 spiro atoms. The first-order valence-electron chi connectivity index (χ1n) is 13.5. The molecule has 5 atom stereocenters. The molecule has 1 saturated heterocycles. The molecule has 0 radical (unpaired) electrons. The maximum Gasteiger partial charge on any atom is 0.251 e. The van der Waals surface area contributed by atoms with E-state index in [1.54, 1.807) is 7.11 Å². The molecule has 0 bridgehead atoms. The average Bonchev–Trinajstić information content (AvgIpc) is 3.35. The van der Waals surface area contributed by atoms with Crippen molar-refractivity contribution in [2.75, 3.05) is 39.3 Å². The van der Waals surface area contributed by atoms with Gasteiger partial charge in [-0.2, -0.15) is 0 Å². The number of hydrogen-bond acceptors (Lipinski definition) is 5. The molecule has 1 saturated carbocycles. The van der Waals surface area contributed by atoms with Crippen LogP contribution in [0.5, 0.6) is 0 Å². The number of benzene rings is 1. The highest BCUT2D eigenvalue weighted by Gasteiger charge is 2.48. The van der Waals surface area contributed by atoms with Crippen LogP contribution < -0.4 is 15.5 Å². The molecular formula is C29H40N4O3. The van der Waals surface area contributed by atoms with E-state index < -0.39 is 0 Å². The third-order valence-corrected chi connectivity index (χ3v) is 8.55. The van der Waals surface area contributed by atoms with Gasteiger partial charge in [-0.25, -0.2) is 0 Å². The van der Waals surface area contributed by atoms with Crippen LogP contribution >= 0.6 is 0 Å². The minimum Gasteiger partial charge on any atom is -0.383 e. The largest absolute Gasteiger partial charge is 0.383 e. The van der Waals surface area contributed by atoms with Crippen LogP contribution in [0.1, 0.15) is 55.3 Å². The van der Waals surface area contributed by atoms with Crippen LogP contribution in [-0.4, -0.2) is 69.2 Å². The van der Waals surface area contributed by atoms with E-state index in [4.69, 9.17) is 4.74 Å². The number of allylic oxidation sites excluding steroid dienone is 2. The quantitative estimate of drug-likeness (QED) is 0.636. The SMILES string of the molecule is COC[C@@H]1NC2=C(CCC=C2)[C@H]2[C@@H]1CCN2C(=O)[C@H]1CCCC[C@H]1NC(=O)c1ccc(N(C)C)cc1. The molecule has 7 heteroatoms. The number of anilines is 1. The summed E-state index contributed by atoms with van der Waals surface area (Å²) in [6, 6.07) is 7.88. The Morgan fingerprint density at radius 3 is 2.67 bits per heavy atom. The number of carbonyl (C=O) groups is 2. The van der Waals surface area contributed by atoms with Crippen molar-refractivity contribution in [3.63, 3.8) is 0 Å². The smallest absolute Gasteiger partial charge is 0.251 e. The Hall–Kier alpha value is -2.80. The predicted octanol–water partition coefficient (Wildman–Crippen LogP) is 3.48. The molecule has 2 heterocycles. The second kappa shape index (κ2) is 10.7. The Morgan fingerprint density at radius 1 is 1.14 bits per heavy atom. The molecule has 2 amide bonds. The van der Waals surface area contributed by atoms with Gasteiger partial charge in [0.2, 0.25) is 5.91 Å². The van der Waals surface area contributed by atoms with Crippen molar-refractivity contribution in [2.24, 2.45) is 11.8 Å². The highest BCUT2D eigenvalue weighted by molar-refractivity contribution is 5.95. The summed E-state index contributed by atoms with van der Waals surface area (Å²) in [5.74, 6) is 0.330. The first-order chi connectivity index (χ1) is 17.5. The zero-order valence-corrected chi connectivity index (χ0v) is 21.8. The summed E-state index contributed by atoms with van der Waals surface area (Å²) in [5, 5.41) is 6.94. The second-order valence-corrected chi connectivity index (χ2v) is 10.9. The van der Waals surface area contributed by atoms with E-state index in [1.807, 2.05) is 43.3 Å². The molecule has 2 aliphatic carbocycles. The van der Waals surface area contributed by atoms with E-state index in [-0.39, 0.29) is 35.9 Å². The van der Waals surface area contributed by atoms with Gasteiger partial charge in [0.25, 0.3) is 5.91 Å². The fourth-order valence-electron chi connectivity index (χ4n) is 6.69. The van der Waals surface area contributed by atoms with Crippen molar-refractivity contribution < 1.29 is 14.3 Å². The van der Waals surface area contributed by atoms with Gasteiger partial charge in [0, 0.05) is 56.7 Å². The number of nitrogens with one attached hydrogen (secondary N) is 2. The number of nitrogens with zero attached hydrogens (tertiary/aromatic N) is 2. The van der Waals surface area contributed by atoms with Gasteiger partial charge in [0.1, 0.15) is 0 Å². The predicted molar refractivity (Wildman–Crippen MR) is 142 cm³/mol. The highest BCUT2D eigenvalue weighted by Crippen LogP contribution is 2.42. The Kier molecular flexibility index (Phi) is 7.37. The van der Waals surface area contributed by atoms with E-state index in [0.29, 0.717) is 18.1 Å². The van der Waals surface area contributed by atoms with Crippen LogP contribution in [0.15, 0.2) is 47.7 Å². The molecule has 2 aliphatic heterocycles. The molecule has 2 fully saturated rings. The number of amides is 2. The molecular weight excluding hydrogens is 452 g/mol. The van der Waals surface area contributed by atoms with Gasteiger partial charge in [0.15, 0.2) is 0 Å². The second-order valence-electron chi connectivity index (χ2n) is 10.9. The van der Waals surface area contributed by atoms with Crippen LogP contribution in [-0.2, 0) is 9.53 Å². The van der Waals surface area contributed by atoms with Gasteiger partial charge in [-0.1, -0.05) is 18.9 Å². The van der Waals surface area contributed by atoms with Crippen molar-refractivity contribution >= 4 is 17.5 Å². The number of ether oxygens (including phenoxy) is 1. The average molecular weight is 493 g/mol. The Labute approximate surface area is 214 Å². The molecule has 5 rings (SSSR count). The maximum absolute atomic E-state index is 14.1. The summed E-state index contributed by atoms with van der Waals surface area (Å²) in [5.41, 5.74) is 4.25. The Morgan fingerprint density at radius 2 is 1.92 bits per heavy atom. The van der Waals surface area contributed by atoms with Gasteiger partial charge in [-0.3, -0.25) is 9.59 Å². The van der Waals surface area contributed by atoms with E-state index in [1.165, 1.54) is 11.3 Å². The van der Waals surface area contributed by atoms with Crippen LogP contribution in [0.25, 0.3) is 0 Å². The summed E-state index contributed by atoms with van der Waals surface area (Å²) in [7, 11) is 5.72. The van der Waals surface area contributed by atoms with Gasteiger partial charge >= 0.3 is 0 Å². The van der Waals surface area contributed by atoms with E-state index in [9.17, 15) is 9.59 Å². The summed E-state index contributed by atoms with van der Waals surface area (Å²) >= 11 is 0. The van der Waals surface area contributed by atoms with Gasteiger partial charge in [-0.15, -0.1) is 0 Å². The molecule has 0 unspecified atom stereocenters. The lowest BCUT2D eigenvalue weighted by Crippen LogP contribution is -2.55. The first kappa shape index (κ1) is 24.9. The fourth-order valence-corrected chi connectivity index (χ4v) is 6.69. The molecule has 194 valence electrons. The molecule has 4 aliphatic rings. The molecule has 2 N–H and O–H groups in total. The van der Waals surface area contributed by atoms with Gasteiger partial charge in [-0.05, 0) is 68.0 Å². The van der Waals surface area contributed by atoms with Crippen molar-refractivity contribution in [2.45, 2.75) is 63.1 Å².